The van der Waals surface area contributed by atoms with Crippen LogP contribution in [0.2, 0.25) is 0 Å². The number of carbonyl (C=O) groups excluding carboxylic acids is 2. The molecule has 0 fully saturated rings. The lowest BCUT2D eigenvalue weighted by Gasteiger charge is -2.07. The number of hydrogen-bond acceptors (Lipinski definition) is 6. The Bertz CT molecular complexity index is 1150. The Morgan fingerprint density at radius 3 is 2.53 bits per heavy atom. The number of benzene rings is 1. The fourth-order valence-electron chi connectivity index (χ4n) is 2.35. The molecule has 0 unspecified atom stereocenters. The topological polar surface area (TPSA) is 156 Å². The van der Waals surface area contributed by atoms with Crippen LogP contribution >= 0.6 is 0 Å². The van der Waals surface area contributed by atoms with Crippen LogP contribution in [0.5, 0.6) is 11.6 Å². The van der Waals surface area contributed by atoms with E-state index < -0.39 is 28.4 Å². The summed E-state index contributed by atoms with van der Waals surface area (Å²) < 4.78 is 31.7. The fraction of sp³-hybridized carbons (Fsp3) is 0.105. The van der Waals surface area contributed by atoms with Gasteiger partial charge in [-0.05, 0) is 31.2 Å². The van der Waals surface area contributed by atoms with Gasteiger partial charge in [0.15, 0.2) is 0 Å². The number of nitrogens with one attached hydrogen (secondary N) is 3. The molecule has 2 amide bonds. The minimum absolute atomic E-state index is 0.00873. The van der Waals surface area contributed by atoms with Gasteiger partial charge in [0.1, 0.15) is 16.3 Å². The van der Waals surface area contributed by atoms with Gasteiger partial charge >= 0.3 is 0 Å². The molecule has 0 spiro atoms. The van der Waals surface area contributed by atoms with Gasteiger partial charge in [0.2, 0.25) is 21.8 Å². The van der Waals surface area contributed by atoms with Gasteiger partial charge in [-0.2, -0.15) is 0 Å². The first-order valence-corrected chi connectivity index (χ1v) is 10.2. The van der Waals surface area contributed by atoms with E-state index >= 15 is 0 Å². The standard InChI is InChI=1S/C19H19N5O5S/c1-12-2-5-14(6-3-12)29-18-7-4-13(9-22-18)24-19(26)16-8-15(10-21-16)30(27,28)23-11-17(20)25/h2-10,21,23H,11H2,1H3,(H2,20,25)(H,24,26). The Kier molecular flexibility index (Phi) is 6.14. The van der Waals surface area contributed by atoms with Crippen LogP contribution in [-0.2, 0) is 14.8 Å². The van der Waals surface area contributed by atoms with Crippen molar-refractivity contribution < 1.29 is 22.7 Å². The summed E-state index contributed by atoms with van der Waals surface area (Å²) in [6.45, 7) is 1.43. The van der Waals surface area contributed by atoms with Gasteiger partial charge in [-0.1, -0.05) is 17.7 Å². The van der Waals surface area contributed by atoms with Crippen LogP contribution in [0.25, 0.3) is 0 Å². The molecule has 30 heavy (non-hydrogen) atoms. The number of nitrogens with two attached hydrogens (primary N) is 1. The van der Waals surface area contributed by atoms with E-state index in [0.717, 1.165) is 17.8 Å². The molecule has 2 heterocycles. The van der Waals surface area contributed by atoms with E-state index in [1.54, 1.807) is 12.1 Å². The minimum Gasteiger partial charge on any atom is -0.439 e. The predicted molar refractivity (Wildman–Crippen MR) is 109 cm³/mol. The van der Waals surface area contributed by atoms with E-state index in [0.29, 0.717) is 17.3 Å². The number of primary amides is 1. The predicted octanol–water partition coefficient (Wildman–Crippen LogP) is 1.53. The number of pyridine rings is 1. The Balaban J connectivity index is 1.63. The SMILES string of the molecule is Cc1ccc(Oc2ccc(NC(=O)c3cc(S(=O)(=O)NCC(N)=O)c[nH]3)cn2)cc1. The number of nitrogens with zero attached hydrogens (tertiary/aromatic N) is 1. The third-order valence-corrected chi connectivity index (χ3v) is 5.27. The lowest BCUT2D eigenvalue weighted by molar-refractivity contribution is -0.116. The van der Waals surface area contributed by atoms with Crippen molar-refractivity contribution in [3.63, 3.8) is 0 Å². The second-order valence-electron chi connectivity index (χ2n) is 6.29. The molecule has 2 aromatic heterocycles. The maximum Gasteiger partial charge on any atom is 0.272 e. The number of ether oxygens (including phenoxy) is 1. The summed E-state index contributed by atoms with van der Waals surface area (Å²) in [7, 11) is -3.97. The molecular formula is C19H19N5O5S. The van der Waals surface area contributed by atoms with Crippen molar-refractivity contribution in [1.29, 1.82) is 0 Å². The van der Waals surface area contributed by atoms with Crippen LogP contribution in [0.15, 0.2) is 59.8 Å². The number of aromatic nitrogens is 2. The van der Waals surface area contributed by atoms with Crippen molar-refractivity contribution in [1.82, 2.24) is 14.7 Å². The van der Waals surface area contributed by atoms with Gasteiger partial charge in [-0.3, -0.25) is 9.59 Å². The first-order chi connectivity index (χ1) is 14.2. The molecule has 3 rings (SSSR count). The quantitative estimate of drug-likeness (QED) is 0.425. The molecular weight excluding hydrogens is 410 g/mol. The van der Waals surface area contributed by atoms with Crippen molar-refractivity contribution in [2.24, 2.45) is 5.73 Å². The maximum atomic E-state index is 12.3. The number of anilines is 1. The van der Waals surface area contributed by atoms with Gasteiger partial charge in [-0.15, -0.1) is 0 Å². The zero-order valence-electron chi connectivity index (χ0n) is 15.9. The number of aryl methyl sites for hydroxylation is 1. The van der Waals surface area contributed by atoms with E-state index in [4.69, 9.17) is 10.5 Å². The summed E-state index contributed by atoms with van der Waals surface area (Å²) >= 11 is 0. The molecule has 0 bridgehead atoms. The molecule has 3 aromatic rings. The molecule has 5 N–H and O–H groups in total. The highest BCUT2D eigenvalue weighted by Crippen LogP contribution is 2.21. The summed E-state index contributed by atoms with van der Waals surface area (Å²) in [5, 5.41) is 2.59. The average Bonchev–Trinajstić information content (AvgIpc) is 3.21. The molecule has 0 saturated carbocycles. The van der Waals surface area contributed by atoms with Crippen LogP contribution in [0, 0.1) is 6.92 Å². The first-order valence-electron chi connectivity index (χ1n) is 8.71. The number of rotatable bonds is 8. The smallest absolute Gasteiger partial charge is 0.272 e. The highest BCUT2D eigenvalue weighted by molar-refractivity contribution is 7.89. The molecule has 0 atom stereocenters. The molecule has 0 aliphatic rings. The number of amides is 2. The second kappa shape index (κ2) is 8.76. The summed E-state index contributed by atoms with van der Waals surface area (Å²) in [6, 6.07) is 11.8. The Hall–Kier alpha value is -3.70. The molecule has 0 aliphatic carbocycles. The Morgan fingerprint density at radius 1 is 1.17 bits per heavy atom. The summed E-state index contributed by atoms with van der Waals surface area (Å²) in [4.78, 5) is 29.6. The highest BCUT2D eigenvalue weighted by atomic mass is 32.2. The third kappa shape index (κ3) is 5.43. The van der Waals surface area contributed by atoms with Gasteiger partial charge in [0, 0.05) is 12.3 Å². The van der Waals surface area contributed by atoms with E-state index in [1.165, 1.54) is 6.20 Å². The van der Waals surface area contributed by atoms with E-state index in [9.17, 15) is 18.0 Å². The van der Waals surface area contributed by atoms with Gasteiger partial charge in [0.05, 0.1) is 18.4 Å². The van der Waals surface area contributed by atoms with E-state index in [2.05, 4.69) is 15.3 Å². The molecule has 0 aliphatic heterocycles. The van der Waals surface area contributed by atoms with Crippen LogP contribution in [0.1, 0.15) is 16.1 Å². The van der Waals surface area contributed by atoms with Crippen LogP contribution in [0.3, 0.4) is 0 Å². The minimum atomic E-state index is -3.97. The zero-order valence-corrected chi connectivity index (χ0v) is 16.7. The van der Waals surface area contributed by atoms with E-state index in [1.807, 2.05) is 35.9 Å². The van der Waals surface area contributed by atoms with Crippen molar-refractivity contribution in [2.45, 2.75) is 11.8 Å². The number of H-pyrrole nitrogens is 1. The fourth-order valence-corrected chi connectivity index (χ4v) is 3.34. The van der Waals surface area contributed by atoms with Crippen LogP contribution < -0.4 is 20.5 Å². The second-order valence-corrected chi connectivity index (χ2v) is 8.06. The average molecular weight is 429 g/mol. The molecule has 1 aromatic carbocycles. The number of sulfonamides is 1. The Morgan fingerprint density at radius 2 is 1.90 bits per heavy atom. The van der Waals surface area contributed by atoms with Crippen molar-refractivity contribution in [2.75, 3.05) is 11.9 Å². The molecule has 156 valence electrons. The lowest BCUT2D eigenvalue weighted by Crippen LogP contribution is -2.33. The number of carbonyl (C=O) groups is 2. The van der Waals surface area contributed by atoms with Gasteiger partial charge in [0.25, 0.3) is 5.91 Å². The zero-order chi connectivity index (χ0) is 21.7. The summed E-state index contributed by atoms with van der Waals surface area (Å²) in [6.07, 6.45) is 2.55. The molecule has 11 heteroatoms. The van der Waals surface area contributed by atoms with Crippen molar-refractivity contribution >= 4 is 27.5 Å². The van der Waals surface area contributed by atoms with Gasteiger partial charge < -0.3 is 20.8 Å². The summed E-state index contributed by atoms with van der Waals surface area (Å²) in [5.74, 6) is -0.407. The number of aromatic amines is 1. The molecule has 0 saturated heterocycles. The largest absolute Gasteiger partial charge is 0.439 e. The van der Waals surface area contributed by atoms with Crippen molar-refractivity contribution in [3.8, 4) is 11.6 Å². The van der Waals surface area contributed by atoms with Gasteiger partial charge in [-0.25, -0.2) is 18.1 Å². The number of hydrogen-bond donors (Lipinski definition) is 4. The van der Waals surface area contributed by atoms with Crippen LogP contribution in [-0.4, -0.2) is 36.7 Å². The van der Waals surface area contributed by atoms with Crippen LogP contribution in [0.4, 0.5) is 5.69 Å². The molecule has 10 nitrogen and oxygen atoms in total. The lowest BCUT2D eigenvalue weighted by atomic mass is 10.2. The van der Waals surface area contributed by atoms with Crippen molar-refractivity contribution in [3.05, 3.63) is 66.1 Å². The summed E-state index contributed by atoms with van der Waals surface area (Å²) in [5.41, 5.74) is 6.43. The highest BCUT2D eigenvalue weighted by Gasteiger charge is 2.19. The van der Waals surface area contributed by atoms with E-state index in [-0.39, 0.29) is 10.6 Å². The first kappa shape index (κ1) is 21.0. The molecule has 0 radical (unpaired) electrons. The Labute approximate surface area is 172 Å². The monoisotopic (exact) mass is 429 g/mol. The third-order valence-electron chi connectivity index (χ3n) is 3.89. The maximum absolute atomic E-state index is 12.3. The normalized spacial score (nSPS) is 11.1.